The molecule has 1 aliphatic rings. The van der Waals surface area contributed by atoms with Gasteiger partial charge >= 0.3 is 0 Å². The first kappa shape index (κ1) is 12.7. The van der Waals surface area contributed by atoms with Crippen LogP contribution >= 0.6 is 0 Å². The molecular weight excluding hydrogens is 250 g/mol. The molecular formula is C16H17N3O. The van der Waals surface area contributed by atoms with Crippen molar-refractivity contribution in [2.24, 2.45) is 5.73 Å². The maximum Gasteiger partial charge on any atom is 0.267 e. The Kier molecular flexibility index (Phi) is 3.37. The maximum atomic E-state index is 11.5. The molecule has 0 radical (unpaired) electrons. The second kappa shape index (κ2) is 5.33. The lowest BCUT2D eigenvalue weighted by Crippen LogP contribution is -2.20. The summed E-state index contributed by atoms with van der Waals surface area (Å²) < 4.78 is 0. The van der Waals surface area contributed by atoms with E-state index >= 15 is 0 Å². The van der Waals surface area contributed by atoms with E-state index in [1.54, 1.807) is 6.07 Å². The van der Waals surface area contributed by atoms with E-state index in [0.29, 0.717) is 5.69 Å². The smallest absolute Gasteiger partial charge is 0.267 e. The van der Waals surface area contributed by atoms with Crippen LogP contribution in [0.15, 0.2) is 42.5 Å². The number of carbonyl (C=O) groups excluding carboxylic acids is 1. The van der Waals surface area contributed by atoms with Crippen molar-refractivity contribution in [2.45, 2.75) is 12.8 Å². The number of primary amides is 1. The van der Waals surface area contributed by atoms with E-state index in [0.717, 1.165) is 30.0 Å². The number of carbonyl (C=O) groups is 1. The van der Waals surface area contributed by atoms with E-state index < -0.39 is 5.91 Å². The van der Waals surface area contributed by atoms with Crippen molar-refractivity contribution in [1.29, 1.82) is 0 Å². The van der Waals surface area contributed by atoms with Crippen LogP contribution in [0, 0.1) is 0 Å². The van der Waals surface area contributed by atoms with Gasteiger partial charge in [-0.15, -0.1) is 0 Å². The Bertz CT molecular complexity index is 619. The maximum absolute atomic E-state index is 11.5. The van der Waals surface area contributed by atoms with Crippen molar-refractivity contribution >= 4 is 11.6 Å². The van der Waals surface area contributed by atoms with Crippen molar-refractivity contribution in [3.05, 3.63) is 48.2 Å². The topological polar surface area (TPSA) is 59.2 Å². The molecule has 0 bridgehead atoms. The summed E-state index contributed by atoms with van der Waals surface area (Å²) in [5, 5.41) is 0. The van der Waals surface area contributed by atoms with Gasteiger partial charge in [0.05, 0.1) is 5.69 Å². The number of nitrogens with two attached hydrogens (primary N) is 1. The fourth-order valence-corrected chi connectivity index (χ4v) is 2.56. The molecule has 0 unspecified atom stereocenters. The average Bonchev–Trinajstić information content (AvgIpc) is 3.02. The van der Waals surface area contributed by atoms with Crippen LogP contribution in [0.5, 0.6) is 0 Å². The van der Waals surface area contributed by atoms with E-state index in [4.69, 9.17) is 5.73 Å². The predicted molar refractivity (Wildman–Crippen MR) is 79.6 cm³/mol. The molecule has 2 N–H and O–H groups in total. The van der Waals surface area contributed by atoms with Gasteiger partial charge in [0.15, 0.2) is 0 Å². The normalized spacial score (nSPS) is 14.5. The van der Waals surface area contributed by atoms with E-state index in [1.807, 2.05) is 36.4 Å². The van der Waals surface area contributed by atoms with Crippen molar-refractivity contribution in [2.75, 3.05) is 18.0 Å². The molecule has 1 aliphatic heterocycles. The highest BCUT2D eigenvalue weighted by molar-refractivity contribution is 5.92. The molecule has 3 rings (SSSR count). The van der Waals surface area contributed by atoms with Crippen molar-refractivity contribution < 1.29 is 4.79 Å². The minimum atomic E-state index is -0.483. The van der Waals surface area contributed by atoms with Gasteiger partial charge in [-0.3, -0.25) is 4.79 Å². The van der Waals surface area contributed by atoms with Gasteiger partial charge in [0.25, 0.3) is 5.91 Å². The van der Waals surface area contributed by atoms with E-state index in [2.05, 4.69) is 9.88 Å². The third kappa shape index (κ3) is 2.50. The van der Waals surface area contributed by atoms with Gasteiger partial charge in [-0.2, -0.15) is 0 Å². The third-order valence-electron chi connectivity index (χ3n) is 3.60. The van der Waals surface area contributed by atoms with Crippen LogP contribution in [0.2, 0.25) is 0 Å². The van der Waals surface area contributed by atoms with Crippen molar-refractivity contribution in [3.63, 3.8) is 0 Å². The molecule has 20 heavy (non-hydrogen) atoms. The minimum absolute atomic E-state index is 0.327. The number of anilines is 1. The van der Waals surface area contributed by atoms with Gasteiger partial charge in [0, 0.05) is 24.3 Å². The number of aromatic nitrogens is 1. The second-order valence-electron chi connectivity index (χ2n) is 5.02. The van der Waals surface area contributed by atoms with Gasteiger partial charge in [0.1, 0.15) is 5.69 Å². The summed E-state index contributed by atoms with van der Waals surface area (Å²) in [6.07, 6.45) is 2.38. The number of amides is 1. The quantitative estimate of drug-likeness (QED) is 0.929. The summed E-state index contributed by atoms with van der Waals surface area (Å²) in [6, 6.07) is 13.7. The first-order chi connectivity index (χ1) is 9.74. The Morgan fingerprint density at radius 1 is 1.10 bits per heavy atom. The summed E-state index contributed by atoms with van der Waals surface area (Å²) in [5.74, 6) is -0.483. The zero-order valence-electron chi connectivity index (χ0n) is 11.2. The van der Waals surface area contributed by atoms with Gasteiger partial charge in [-0.05, 0) is 25.0 Å². The molecule has 1 fully saturated rings. The summed E-state index contributed by atoms with van der Waals surface area (Å²) in [7, 11) is 0. The van der Waals surface area contributed by atoms with Gasteiger partial charge in [-0.1, -0.05) is 30.3 Å². The Hall–Kier alpha value is -2.36. The molecule has 4 heteroatoms. The summed E-state index contributed by atoms with van der Waals surface area (Å²) >= 11 is 0. The van der Waals surface area contributed by atoms with E-state index in [-0.39, 0.29) is 0 Å². The van der Waals surface area contributed by atoms with Crippen LogP contribution in [-0.2, 0) is 0 Å². The lowest BCUT2D eigenvalue weighted by atomic mass is 10.1. The molecule has 4 nitrogen and oxygen atoms in total. The molecule has 0 atom stereocenters. The summed E-state index contributed by atoms with van der Waals surface area (Å²) in [4.78, 5) is 18.1. The molecule has 1 amide bonds. The van der Waals surface area contributed by atoms with E-state index in [1.165, 1.54) is 12.8 Å². The van der Waals surface area contributed by atoms with Crippen LogP contribution in [0.1, 0.15) is 23.3 Å². The largest absolute Gasteiger partial charge is 0.371 e. The molecule has 102 valence electrons. The SMILES string of the molecule is NC(=O)c1cc(N2CCCC2)cc(-c2ccccc2)n1. The van der Waals surface area contributed by atoms with Crippen molar-refractivity contribution in [3.8, 4) is 11.3 Å². The average molecular weight is 267 g/mol. The number of nitrogens with zero attached hydrogens (tertiary/aromatic N) is 2. The van der Waals surface area contributed by atoms with Gasteiger partial charge in [0.2, 0.25) is 0 Å². The zero-order valence-corrected chi connectivity index (χ0v) is 11.2. The highest BCUT2D eigenvalue weighted by Crippen LogP contribution is 2.26. The van der Waals surface area contributed by atoms with Crippen LogP contribution in [-0.4, -0.2) is 24.0 Å². The standard InChI is InChI=1S/C16H17N3O/c17-16(20)15-11-13(19-8-4-5-9-19)10-14(18-15)12-6-2-1-3-7-12/h1-3,6-7,10-11H,4-5,8-9H2,(H2,17,20). The number of hydrogen-bond donors (Lipinski definition) is 1. The van der Waals surface area contributed by atoms with Gasteiger partial charge < -0.3 is 10.6 Å². The molecule has 0 saturated carbocycles. The Morgan fingerprint density at radius 2 is 1.80 bits per heavy atom. The second-order valence-corrected chi connectivity index (χ2v) is 5.02. The Labute approximate surface area is 118 Å². The number of rotatable bonds is 3. The number of pyridine rings is 1. The molecule has 0 spiro atoms. The molecule has 1 aromatic carbocycles. The number of hydrogen-bond acceptors (Lipinski definition) is 3. The number of benzene rings is 1. The van der Waals surface area contributed by atoms with E-state index in [9.17, 15) is 4.79 Å². The third-order valence-corrected chi connectivity index (χ3v) is 3.60. The molecule has 1 saturated heterocycles. The highest BCUT2D eigenvalue weighted by atomic mass is 16.1. The van der Waals surface area contributed by atoms with Crippen LogP contribution in [0.25, 0.3) is 11.3 Å². The fraction of sp³-hybridized carbons (Fsp3) is 0.250. The zero-order chi connectivity index (χ0) is 13.9. The lowest BCUT2D eigenvalue weighted by molar-refractivity contribution is 0.0995. The fourth-order valence-electron chi connectivity index (χ4n) is 2.56. The predicted octanol–water partition coefficient (Wildman–Crippen LogP) is 2.45. The van der Waals surface area contributed by atoms with Crippen LogP contribution in [0.3, 0.4) is 0 Å². The molecule has 2 heterocycles. The first-order valence-corrected chi connectivity index (χ1v) is 6.86. The molecule has 0 aliphatic carbocycles. The van der Waals surface area contributed by atoms with Crippen LogP contribution in [0.4, 0.5) is 5.69 Å². The van der Waals surface area contributed by atoms with Gasteiger partial charge in [-0.25, -0.2) is 4.98 Å². The van der Waals surface area contributed by atoms with Crippen molar-refractivity contribution in [1.82, 2.24) is 4.98 Å². The molecule has 1 aromatic heterocycles. The molecule has 2 aromatic rings. The highest BCUT2D eigenvalue weighted by Gasteiger charge is 2.16. The van der Waals surface area contributed by atoms with Crippen LogP contribution < -0.4 is 10.6 Å². The Balaban J connectivity index is 2.07. The summed E-state index contributed by atoms with van der Waals surface area (Å²) in [6.45, 7) is 2.05. The lowest BCUT2D eigenvalue weighted by Gasteiger charge is -2.19. The monoisotopic (exact) mass is 267 g/mol. The first-order valence-electron chi connectivity index (χ1n) is 6.86. The summed E-state index contributed by atoms with van der Waals surface area (Å²) in [5.41, 5.74) is 8.56. The minimum Gasteiger partial charge on any atom is -0.371 e. The Morgan fingerprint density at radius 3 is 2.45 bits per heavy atom.